The minimum atomic E-state index is -1.18. The van der Waals surface area contributed by atoms with Gasteiger partial charge in [0, 0.05) is 47.7 Å². The van der Waals surface area contributed by atoms with E-state index in [2.05, 4.69) is 22.1 Å². The fourth-order valence-electron chi connectivity index (χ4n) is 4.69. The number of carbonyl (C=O) groups is 1. The minimum absolute atomic E-state index is 0.156. The summed E-state index contributed by atoms with van der Waals surface area (Å²) < 4.78 is 14.0. The van der Waals surface area contributed by atoms with E-state index in [9.17, 15) is 14.0 Å². The van der Waals surface area contributed by atoms with Crippen LogP contribution in [0.25, 0.3) is 5.57 Å². The summed E-state index contributed by atoms with van der Waals surface area (Å²) in [6.07, 6.45) is 2.78. The number of carbonyl (C=O) groups excluding carboxylic acids is 1. The molecule has 1 aliphatic heterocycles. The number of aryl methyl sites for hydroxylation is 2. The number of halogens is 1. The highest BCUT2D eigenvalue weighted by atomic mass is 32.1. The normalized spacial score (nSPS) is 14.4. The van der Waals surface area contributed by atoms with E-state index in [1.54, 1.807) is 25.2 Å². The maximum atomic E-state index is 14.0. The van der Waals surface area contributed by atoms with Crippen LogP contribution in [0.2, 0.25) is 0 Å². The van der Waals surface area contributed by atoms with Gasteiger partial charge in [-0.1, -0.05) is 26.3 Å². The Bertz CT molecular complexity index is 1100. The van der Waals surface area contributed by atoms with E-state index in [0.717, 1.165) is 49.2 Å². The van der Waals surface area contributed by atoms with E-state index in [1.165, 1.54) is 16.0 Å². The summed E-state index contributed by atoms with van der Waals surface area (Å²) in [6.45, 7) is 17.6. The summed E-state index contributed by atoms with van der Waals surface area (Å²) >= 11 is 1.61. The Balaban J connectivity index is 0.00000210. The molecule has 1 aliphatic rings. The van der Waals surface area contributed by atoms with Crippen molar-refractivity contribution in [2.45, 2.75) is 86.9 Å². The molecule has 3 heterocycles. The highest BCUT2D eigenvalue weighted by molar-refractivity contribution is 7.11. The van der Waals surface area contributed by atoms with Crippen molar-refractivity contribution in [1.29, 1.82) is 0 Å². The molecule has 0 saturated carbocycles. The Morgan fingerprint density at radius 1 is 1.20 bits per heavy atom. The third-order valence-electron chi connectivity index (χ3n) is 6.32. The van der Waals surface area contributed by atoms with Crippen LogP contribution in [0.15, 0.2) is 21.8 Å². The molecule has 1 saturated heterocycles. The number of piperidine rings is 1. The van der Waals surface area contributed by atoms with Gasteiger partial charge in [0.05, 0.1) is 5.56 Å². The second-order valence-corrected chi connectivity index (χ2v) is 10.5. The van der Waals surface area contributed by atoms with Crippen LogP contribution in [0.5, 0.6) is 0 Å². The first-order valence-electron chi connectivity index (χ1n) is 12.7. The first kappa shape index (κ1) is 29.0. The first-order valence-corrected chi connectivity index (χ1v) is 13.6. The fraction of sp³-hybridized carbons (Fsp3) is 0.571. The zero-order valence-corrected chi connectivity index (χ0v) is 23.5. The van der Waals surface area contributed by atoms with E-state index in [0.29, 0.717) is 17.7 Å². The summed E-state index contributed by atoms with van der Waals surface area (Å²) in [5.41, 5.74) is 5.33. The third-order valence-corrected chi connectivity index (χ3v) is 7.46. The van der Waals surface area contributed by atoms with Gasteiger partial charge in [0.15, 0.2) is 0 Å². The van der Waals surface area contributed by atoms with Gasteiger partial charge in [-0.15, -0.1) is 11.3 Å². The topological polar surface area (TPSA) is 65.2 Å². The lowest BCUT2D eigenvalue weighted by Crippen LogP contribution is -2.39. The van der Waals surface area contributed by atoms with Crippen molar-refractivity contribution in [3.63, 3.8) is 0 Å². The lowest BCUT2D eigenvalue weighted by molar-refractivity contribution is 0.0950. The van der Waals surface area contributed by atoms with Crippen LogP contribution >= 0.6 is 11.3 Å². The Morgan fingerprint density at radius 2 is 1.83 bits per heavy atom. The van der Waals surface area contributed by atoms with Gasteiger partial charge in [0.25, 0.3) is 11.5 Å². The molecule has 5 nitrogen and oxygen atoms in total. The second-order valence-electron chi connectivity index (χ2n) is 9.66. The number of aromatic amines is 1. The van der Waals surface area contributed by atoms with Crippen molar-refractivity contribution < 1.29 is 9.18 Å². The van der Waals surface area contributed by atoms with E-state index in [4.69, 9.17) is 0 Å². The Kier molecular flexibility index (Phi) is 10.5. The zero-order chi connectivity index (χ0) is 26.3. The van der Waals surface area contributed by atoms with E-state index in [1.807, 2.05) is 46.1 Å². The Labute approximate surface area is 213 Å². The molecule has 0 unspecified atom stereocenters. The van der Waals surface area contributed by atoms with Crippen molar-refractivity contribution >= 4 is 22.8 Å². The molecule has 0 spiro atoms. The molecule has 3 rings (SSSR count). The fourth-order valence-corrected chi connectivity index (χ4v) is 5.93. The molecule has 0 radical (unpaired) electrons. The summed E-state index contributed by atoms with van der Waals surface area (Å²) in [5, 5.41) is 4.84. The molecular formula is C28H42FN3O2S. The first-order chi connectivity index (χ1) is 16.5. The monoisotopic (exact) mass is 503 g/mol. The van der Waals surface area contributed by atoms with Gasteiger partial charge in [0.2, 0.25) is 0 Å². The second kappa shape index (κ2) is 12.6. The number of amides is 1. The van der Waals surface area contributed by atoms with Crippen LogP contribution in [0, 0.1) is 20.8 Å². The average Bonchev–Trinajstić information content (AvgIpc) is 3.16. The van der Waals surface area contributed by atoms with Crippen LogP contribution in [0.3, 0.4) is 0 Å². The lowest BCUT2D eigenvalue weighted by atomic mass is 9.93. The molecule has 35 heavy (non-hydrogen) atoms. The van der Waals surface area contributed by atoms with Crippen molar-refractivity contribution in [2.24, 2.45) is 0 Å². The van der Waals surface area contributed by atoms with Gasteiger partial charge in [-0.2, -0.15) is 0 Å². The molecular weight excluding hydrogens is 461 g/mol. The van der Waals surface area contributed by atoms with Crippen molar-refractivity contribution in [3.8, 4) is 0 Å². The highest BCUT2D eigenvalue weighted by Gasteiger charge is 2.25. The molecule has 1 fully saturated rings. The largest absolute Gasteiger partial charge is 0.348 e. The van der Waals surface area contributed by atoms with E-state index >= 15 is 0 Å². The molecule has 2 aromatic rings. The molecule has 2 N–H and O–H groups in total. The summed E-state index contributed by atoms with van der Waals surface area (Å²) in [6, 6.07) is 1.91. The SMILES string of the molecule is CC.CCC(=C1CCN(CC(C)(C)F)CC1)c1scc(C(=O)NCc2c(C)cc(C)[nH]c2=O)c1C. The molecule has 0 bridgehead atoms. The predicted octanol–water partition coefficient (Wildman–Crippen LogP) is 6.33. The predicted molar refractivity (Wildman–Crippen MR) is 146 cm³/mol. The maximum absolute atomic E-state index is 14.0. The van der Waals surface area contributed by atoms with Crippen LogP contribution in [-0.2, 0) is 6.54 Å². The van der Waals surface area contributed by atoms with E-state index < -0.39 is 5.67 Å². The smallest absolute Gasteiger partial charge is 0.253 e. The van der Waals surface area contributed by atoms with Gasteiger partial charge < -0.3 is 10.3 Å². The number of H-pyrrole nitrogens is 1. The van der Waals surface area contributed by atoms with Gasteiger partial charge in [0.1, 0.15) is 5.67 Å². The summed E-state index contributed by atoms with van der Waals surface area (Å²) in [7, 11) is 0. The van der Waals surface area contributed by atoms with Gasteiger partial charge in [-0.25, -0.2) is 4.39 Å². The molecule has 0 aromatic carbocycles. The number of hydrogen-bond donors (Lipinski definition) is 2. The Hall–Kier alpha value is -2.25. The van der Waals surface area contributed by atoms with Gasteiger partial charge in [-0.3, -0.25) is 14.5 Å². The average molecular weight is 504 g/mol. The highest BCUT2D eigenvalue weighted by Crippen LogP contribution is 2.36. The molecule has 1 amide bonds. The number of allylic oxidation sites excluding steroid dienone is 1. The number of rotatable bonds is 7. The third kappa shape index (κ3) is 7.61. The number of likely N-dealkylation sites (tertiary alicyclic amines) is 1. The number of nitrogens with one attached hydrogen (secondary N) is 2. The minimum Gasteiger partial charge on any atom is -0.348 e. The van der Waals surface area contributed by atoms with Crippen LogP contribution in [-0.4, -0.2) is 41.1 Å². The van der Waals surface area contributed by atoms with E-state index in [-0.39, 0.29) is 18.0 Å². The molecule has 194 valence electrons. The molecule has 0 aliphatic carbocycles. The van der Waals surface area contributed by atoms with Crippen molar-refractivity contribution in [3.05, 3.63) is 60.2 Å². The van der Waals surface area contributed by atoms with Crippen molar-refractivity contribution in [2.75, 3.05) is 19.6 Å². The number of nitrogens with zero attached hydrogens (tertiary/aromatic N) is 1. The van der Waals surface area contributed by atoms with Crippen molar-refractivity contribution in [1.82, 2.24) is 15.2 Å². The van der Waals surface area contributed by atoms with Crippen LogP contribution in [0.1, 0.15) is 91.5 Å². The molecule has 2 aromatic heterocycles. The molecule has 7 heteroatoms. The maximum Gasteiger partial charge on any atom is 0.253 e. The standard InChI is InChI=1S/C26H36FN3O2S.C2H6/c1-7-20(19-8-10-30(11-9-19)15-26(5,6)27)23-18(4)22(14-33-23)24(31)28-13-21-16(2)12-17(3)29-25(21)32;1-2/h12,14H,7-11,13,15H2,1-6H3,(H,28,31)(H,29,32);1-2H3. The summed E-state index contributed by atoms with van der Waals surface area (Å²) in [4.78, 5) is 31.3. The van der Waals surface area contributed by atoms with Crippen LogP contribution < -0.4 is 10.9 Å². The number of pyridine rings is 1. The number of aromatic nitrogens is 1. The number of hydrogen-bond acceptors (Lipinski definition) is 4. The lowest BCUT2D eigenvalue weighted by Gasteiger charge is -2.32. The quantitative estimate of drug-likeness (QED) is 0.464. The van der Waals surface area contributed by atoms with Gasteiger partial charge in [-0.05, 0) is 76.6 Å². The summed E-state index contributed by atoms with van der Waals surface area (Å²) in [5.74, 6) is -0.158. The molecule has 0 atom stereocenters. The number of thiophene rings is 1. The van der Waals surface area contributed by atoms with Gasteiger partial charge >= 0.3 is 0 Å². The Morgan fingerprint density at radius 3 is 2.37 bits per heavy atom. The number of alkyl halides is 1. The van der Waals surface area contributed by atoms with Crippen LogP contribution in [0.4, 0.5) is 4.39 Å². The zero-order valence-electron chi connectivity index (χ0n) is 22.7.